The van der Waals surface area contributed by atoms with Crippen molar-refractivity contribution >= 4 is 23.0 Å². The summed E-state index contributed by atoms with van der Waals surface area (Å²) >= 11 is 5.37. The molecule has 4 heteroatoms. The highest BCUT2D eigenvalue weighted by molar-refractivity contribution is 7.80. The van der Waals surface area contributed by atoms with Crippen LogP contribution in [0.3, 0.4) is 0 Å². The van der Waals surface area contributed by atoms with Gasteiger partial charge in [-0.2, -0.15) is 0 Å². The fourth-order valence-electron chi connectivity index (χ4n) is 1.59. The molecule has 0 spiro atoms. The van der Waals surface area contributed by atoms with E-state index >= 15 is 0 Å². The third-order valence-corrected chi connectivity index (χ3v) is 2.82. The first-order valence-corrected chi connectivity index (χ1v) is 6.20. The zero-order valence-electron chi connectivity index (χ0n) is 10.7. The fraction of sp³-hybridized carbons (Fsp3) is 0.462. The molecule has 1 aromatic carbocycles. The Morgan fingerprint density at radius 1 is 1.47 bits per heavy atom. The number of nitrogens with zero attached hydrogens (tertiary/aromatic N) is 1. The van der Waals surface area contributed by atoms with E-state index in [0.717, 1.165) is 23.9 Å². The zero-order chi connectivity index (χ0) is 12.7. The lowest BCUT2D eigenvalue weighted by Crippen LogP contribution is -2.41. The van der Waals surface area contributed by atoms with Crippen LogP contribution in [0, 0.1) is 6.92 Å². The Bertz CT molecular complexity index is 368. The lowest BCUT2D eigenvalue weighted by molar-refractivity contribution is 0.204. The van der Waals surface area contributed by atoms with E-state index in [2.05, 4.69) is 42.3 Å². The molecule has 94 valence electrons. The van der Waals surface area contributed by atoms with Crippen LogP contribution in [0.4, 0.5) is 5.69 Å². The van der Waals surface area contributed by atoms with Gasteiger partial charge in [0.25, 0.3) is 0 Å². The smallest absolute Gasteiger partial charge is 0.173 e. The van der Waals surface area contributed by atoms with Gasteiger partial charge in [-0.05, 0) is 43.8 Å². The molecule has 17 heavy (non-hydrogen) atoms. The van der Waals surface area contributed by atoms with Crippen molar-refractivity contribution < 1.29 is 4.74 Å². The van der Waals surface area contributed by atoms with Crippen molar-refractivity contribution in [1.29, 1.82) is 0 Å². The van der Waals surface area contributed by atoms with Gasteiger partial charge in [-0.15, -0.1) is 0 Å². The molecule has 0 radical (unpaired) electrons. The van der Waals surface area contributed by atoms with E-state index in [0.29, 0.717) is 6.61 Å². The van der Waals surface area contributed by atoms with E-state index in [1.165, 1.54) is 5.56 Å². The van der Waals surface area contributed by atoms with Crippen LogP contribution in [0.2, 0.25) is 0 Å². The second-order valence-electron chi connectivity index (χ2n) is 3.81. The molecule has 1 aromatic rings. The molecular formula is C13H20N2OS. The van der Waals surface area contributed by atoms with Crippen LogP contribution >= 0.6 is 12.2 Å². The van der Waals surface area contributed by atoms with Gasteiger partial charge < -0.3 is 15.0 Å². The third kappa shape index (κ3) is 4.32. The maximum Gasteiger partial charge on any atom is 0.173 e. The van der Waals surface area contributed by atoms with E-state index in [1.807, 2.05) is 6.07 Å². The van der Waals surface area contributed by atoms with Crippen molar-refractivity contribution in [3.05, 3.63) is 29.8 Å². The molecule has 0 amide bonds. The minimum absolute atomic E-state index is 0.658. The summed E-state index contributed by atoms with van der Waals surface area (Å²) in [6.45, 7) is 6.41. The SMILES string of the molecule is CCN(C(=S)NCCOC)c1cccc(C)c1. The Morgan fingerprint density at radius 2 is 2.24 bits per heavy atom. The largest absolute Gasteiger partial charge is 0.383 e. The van der Waals surface area contributed by atoms with Crippen molar-refractivity contribution in [2.75, 3.05) is 31.7 Å². The van der Waals surface area contributed by atoms with Crippen molar-refractivity contribution in [2.24, 2.45) is 0 Å². The number of thiocarbonyl (C=S) groups is 1. The maximum atomic E-state index is 5.37. The molecule has 0 fully saturated rings. The molecule has 0 aromatic heterocycles. The van der Waals surface area contributed by atoms with Crippen LogP contribution in [0.25, 0.3) is 0 Å². The molecule has 0 unspecified atom stereocenters. The summed E-state index contributed by atoms with van der Waals surface area (Å²) in [5.74, 6) is 0. The van der Waals surface area contributed by atoms with E-state index in [-0.39, 0.29) is 0 Å². The molecule has 0 saturated carbocycles. The second-order valence-corrected chi connectivity index (χ2v) is 4.19. The Labute approximate surface area is 109 Å². The Kier molecular flexibility index (Phi) is 5.94. The number of nitrogens with one attached hydrogen (secondary N) is 1. The van der Waals surface area contributed by atoms with Crippen molar-refractivity contribution in [1.82, 2.24) is 5.32 Å². The summed E-state index contributed by atoms with van der Waals surface area (Å²) in [7, 11) is 1.68. The van der Waals surface area contributed by atoms with Crippen LogP contribution in [0.1, 0.15) is 12.5 Å². The number of anilines is 1. The number of ether oxygens (including phenoxy) is 1. The number of rotatable bonds is 5. The molecule has 0 aliphatic rings. The Hall–Kier alpha value is -1.13. The van der Waals surface area contributed by atoms with Crippen LogP contribution in [0.5, 0.6) is 0 Å². The minimum atomic E-state index is 0.658. The Balaban J connectivity index is 2.67. The molecular weight excluding hydrogens is 232 g/mol. The lowest BCUT2D eigenvalue weighted by atomic mass is 10.2. The van der Waals surface area contributed by atoms with Gasteiger partial charge in [0.05, 0.1) is 6.61 Å². The molecule has 0 saturated heterocycles. The number of hydrogen-bond acceptors (Lipinski definition) is 2. The molecule has 1 N–H and O–H groups in total. The van der Waals surface area contributed by atoms with Crippen LogP contribution in [0.15, 0.2) is 24.3 Å². The summed E-state index contributed by atoms with van der Waals surface area (Å²) in [6.07, 6.45) is 0. The van der Waals surface area contributed by atoms with Gasteiger partial charge in [-0.25, -0.2) is 0 Å². The topological polar surface area (TPSA) is 24.5 Å². The van der Waals surface area contributed by atoms with Crippen LogP contribution < -0.4 is 10.2 Å². The second kappa shape index (κ2) is 7.25. The molecule has 3 nitrogen and oxygen atoms in total. The van der Waals surface area contributed by atoms with Crippen molar-refractivity contribution in [3.8, 4) is 0 Å². The molecule has 0 aliphatic heterocycles. The first-order valence-electron chi connectivity index (χ1n) is 5.80. The van der Waals surface area contributed by atoms with E-state index in [4.69, 9.17) is 17.0 Å². The van der Waals surface area contributed by atoms with E-state index in [1.54, 1.807) is 7.11 Å². The van der Waals surface area contributed by atoms with E-state index in [9.17, 15) is 0 Å². The highest BCUT2D eigenvalue weighted by atomic mass is 32.1. The quantitative estimate of drug-likeness (QED) is 0.642. The van der Waals surface area contributed by atoms with E-state index < -0.39 is 0 Å². The van der Waals surface area contributed by atoms with Gasteiger partial charge >= 0.3 is 0 Å². The maximum absolute atomic E-state index is 5.37. The normalized spacial score (nSPS) is 10.1. The molecule has 0 atom stereocenters. The highest BCUT2D eigenvalue weighted by Crippen LogP contribution is 2.15. The van der Waals surface area contributed by atoms with Crippen molar-refractivity contribution in [2.45, 2.75) is 13.8 Å². The minimum Gasteiger partial charge on any atom is -0.383 e. The summed E-state index contributed by atoms with van der Waals surface area (Å²) in [5, 5.41) is 3.93. The first kappa shape index (κ1) is 13.9. The van der Waals surface area contributed by atoms with Gasteiger partial charge in [0.15, 0.2) is 5.11 Å². The summed E-state index contributed by atoms with van der Waals surface area (Å²) in [5.41, 5.74) is 2.36. The van der Waals surface area contributed by atoms with Gasteiger partial charge in [-0.1, -0.05) is 12.1 Å². The standard InChI is InChI=1S/C13H20N2OS/c1-4-15(13(17)14-8-9-16-3)12-7-5-6-11(2)10-12/h5-7,10H,4,8-9H2,1-3H3,(H,14,17). The van der Waals surface area contributed by atoms with Crippen LogP contribution in [-0.2, 0) is 4.74 Å². The third-order valence-electron chi connectivity index (χ3n) is 2.46. The Morgan fingerprint density at radius 3 is 2.82 bits per heavy atom. The number of methoxy groups -OCH3 is 1. The molecule has 1 rings (SSSR count). The zero-order valence-corrected chi connectivity index (χ0v) is 11.5. The fourth-order valence-corrected chi connectivity index (χ4v) is 1.93. The number of aryl methyl sites for hydroxylation is 1. The van der Waals surface area contributed by atoms with Crippen molar-refractivity contribution in [3.63, 3.8) is 0 Å². The predicted molar refractivity (Wildman–Crippen MR) is 76.7 cm³/mol. The van der Waals surface area contributed by atoms with Crippen LogP contribution in [-0.4, -0.2) is 31.9 Å². The average molecular weight is 252 g/mol. The molecule has 0 bridgehead atoms. The summed E-state index contributed by atoms with van der Waals surface area (Å²) < 4.78 is 4.99. The van der Waals surface area contributed by atoms with Gasteiger partial charge in [0, 0.05) is 25.9 Å². The average Bonchev–Trinajstić information content (AvgIpc) is 2.30. The lowest BCUT2D eigenvalue weighted by Gasteiger charge is -2.24. The van der Waals surface area contributed by atoms with Gasteiger partial charge in [-0.3, -0.25) is 0 Å². The van der Waals surface area contributed by atoms with Gasteiger partial charge in [0.1, 0.15) is 0 Å². The monoisotopic (exact) mass is 252 g/mol. The predicted octanol–water partition coefficient (Wildman–Crippen LogP) is 2.34. The molecule has 0 aliphatic carbocycles. The van der Waals surface area contributed by atoms with Gasteiger partial charge in [0.2, 0.25) is 0 Å². The number of hydrogen-bond donors (Lipinski definition) is 1. The number of benzene rings is 1. The molecule has 0 heterocycles. The summed E-state index contributed by atoms with van der Waals surface area (Å²) in [6, 6.07) is 8.33. The first-order chi connectivity index (χ1) is 8.19. The summed E-state index contributed by atoms with van der Waals surface area (Å²) in [4.78, 5) is 2.08. The highest BCUT2D eigenvalue weighted by Gasteiger charge is 2.09.